The molecule has 0 spiro atoms. The summed E-state index contributed by atoms with van der Waals surface area (Å²) in [7, 11) is 0. The molecule has 0 aliphatic rings. The quantitative estimate of drug-likeness (QED) is 0.893. The number of benzene rings is 1. The third-order valence-corrected chi connectivity index (χ3v) is 3.32. The first-order chi connectivity index (χ1) is 9.01. The molecule has 0 bridgehead atoms. The Morgan fingerprint density at radius 3 is 2.05 bits per heavy atom. The molecule has 0 saturated heterocycles. The summed E-state index contributed by atoms with van der Waals surface area (Å²) in [6.45, 7) is 12.9. The first-order valence-corrected chi connectivity index (χ1v) is 7.08. The Balaban J connectivity index is 2.83. The summed E-state index contributed by atoms with van der Waals surface area (Å²) in [6, 6.07) is 7.93. The van der Waals surface area contributed by atoms with Gasteiger partial charge in [0.2, 0.25) is 0 Å². The molecule has 112 valence electrons. The van der Waals surface area contributed by atoms with Crippen molar-refractivity contribution in [1.82, 2.24) is 0 Å². The zero-order valence-electron chi connectivity index (χ0n) is 13.5. The van der Waals surface area contributed by atoms with Crippen LogP contribution in [0.4, 0.5) is 0 Å². The van der Waals surface area contributed by atoms with E-state index in [9.17, 15) is 4.79 Å². The monoisotopic (exact) mass is 277 g/mol. The number of hydrogen-bond acceptors (Lipinski definition) is 2. The molecule has 0 aliphatic heterocycles. The number of amides is 1. The Morgan fingerprint density at radius 1 is 1.15 bits per heavy atom. The Bertz CT molecular complexity index is 455. The van der Waals surface area contributed by atoms with Gasteiger partial charge in [-0.15, -0.1) is 0 Å². The average molecular weight is 277 g/mol. The van der Waals surface area contributed by atoms with Crippen molar-refractivity contribution in [2.75, 3.05) is 0 Å². The second kappa shape index (κ2) is 5.86. The van der Waals surface area contributed by atoms with Gasteiger partial charge in [-0.2, -0.15) is 0 Å². The van der Waals surface area contributed by atoms with Gasteiger partial charge in [-0.25, -0.2) is 0 Å². The SMILES string of the molecule is CC(Oc1ccc(C(C)(C)CC(C)(C)C)cc1)C(N)=O. The predicted molar refractivity (Wildman–Crippen MR) is 82.8 cm³/mol. The standard InChI is InChI=1S/C17H27NO2/c1-12(15(18)19)20-14-9-7-13(8-10-14)17(5,6)11-16(2,3)4/h7-10,12H,11H2,1-6H3,(H2,18,19). The van der Waals surface area contributed by atoms with Crippen LogP contribution >= 0.6 is 0 Å². The summed E-state index contributed by atoms with van der Waals surface area (Å²) < 4.78 is 5.47. The largest absolute Gasteiger partial charge is 0.481 e. The second-order valence-corrected chi connectivity index (χ2v) is 7.31. The Labute approximate surface area is 122 Å². The molecule has 1 aromatic carbocycles. The summed E-state index contributed by atoms with van der Waals surface area (Å²) in [6.07, 6.45) is 0.487. The number of rotatable bonds is 5. The summed E-state index contributed by atoms with van der Waals surface area (Å²) in [5.41, 5.74) is 6.84. The fraction of sp³-hybridized carbons (Fsp3) is 0.588. The second-order valence-electron chi connectivity index (χ2n) is 7.31. The van der Waals surface area contributed by atoms with E-state index in [2.05, 4.69) is 46.8 Å². The van der Waals surface area contributed by atoms with E-state index in [1.807, 2.05) is 12.1 Å². The van der Waals surface area contributed by atoms with Crippen LogP contribution in [0.3, 0.4) is 0 Å². The Kier molecular flexibility index (Phi) is 4.85. The highest BCUT2D eigenvalue weighted by Crippen LogP contribution is 2.36. The lowest BCUT2D eigenvalue weighted by Crippen LogP contribution is -2.30. The van der Waals surface area contributed by atoms with Gasteiger partial charge >= 0.3 is 0 Å². The van der Waals surface area contributed by atoms with Crippen molar-refractivity contribution >= 4 is 5.91 Å². The molecule has 3 nitrogen and oxygen atoms in total. The van der Waals surface area contributed by atoms with E-state index in [0.717, 1.165) is 6.42 Å². The van der Waals surface area contributed by atoms with Crippen LogP contribution in [0.1, 0.15) is 53.5 Å². The van der Waals surface area contributed by atoms with E-state index in [4.69, 9.17) is 10.5 Å². The van der Waals surface area contributed by atoms with Crippen molar-refractivity contribution in [2.45, 2.75) is 59.5 Å². The van der Waals surface area contributed by atoms with Crippen molar-refractivity contribution in [3.63, 3.8) is 0 Å². The van der Waals surface area contributed by atoms with Crippen LogP contribution in [0.5, 0.6) is 5.75 Å². The van der Waals surface area contributed by atoms with E-state index in [1.54, 1.807) is 6.92 Å². The topological polar surface area (TPSA) is 52.3 Å². The average Bonchev–Trinajstić information content (AvgIpc) is 2.26. The van der Waals surface area contributed by atoms with Crippen molar-refractivity contribution < 1.29 is 9.53 Å². The molecular formula is C17H27NO2. The number of ether oxygens (including phenoxy) is 1. The van der Waals surface area contributed by atoms with Gasteiger partial charge in [0, 0.05) is 0 Å². The molecule has 1 atom stereocenters. The van der Waals surface area contributed by atoms with E-state index in [-0.39, 0.29) is 10.8 Å². The number of nitrogens with two attached hydrogens (primary N) is 1. The molecule has 1 amide bonds. The molecule has 0 fully saturated rings. The summed E-state index contributed by atoms with van der Waals surface area (Å²) >= 11 is 0. The van der Waals surface area contributed by atoms with Gasteiger partial charge in [-0.3, -0.25) is 4.79 Å². The van der Waals surface area contributed by atoms with E-state index in [1.165, 1.54) is 5.56 Å². The van der Waals surface area contributed by atoms with Crippen LogP contribution in [0.15, 0.2) is 24.3 Å². The van der Waals surface area contributed by atoms with Gasteiger partial charge in [-0.05, 0) is 41.9 Å². The minimum Gasteiger partial charge on any atom is -0.481 e. The first-order valence-electron chi connectivity index (χ1n) is 7.08. The molecule has 0 saturated carbocycles. The van der Waals surface area contributed by atoms with Gasteiger partial charge in [0.25, 0.3) is 5.91 Å². The number of hydrogen-bond donors (Lipinski definition) is 1. The molecule has 2 N–H and O–H groups in total. The van der Waals surface area contributed by atoms with Gasteiger partial charge < -0.3 is 10.5 Å². The summed E-state index contributed by atoms with van der Waals surface area (Å²) in [5, 5.41) is 0. The van der Waals surface area contributed by atoms with Crippen LogP contribution in [0, 0.1) is 5.41 Å². The van der Waals surface area contributed by atoms with Crippen molar-refractivity contribution in [1.29, 1.82) is 0 Å². The normalized spacial score (nSPS) is 13.9. The van der Waals surface area contributed by atoms with E-state index in [0.29, 0.717) is 5.75 Å². The maximum absolute atomic E-state index is 11.0. The third-order valence-electron chi connectivity index (χ3n) is 3.32. The molecule has 1 aromatic rings. The smallest absolute Gasteiger partial charge is 0.258 e. The zero-order valence-corrected chi connectivity index (χ0v) is 13.5. The molecule has 3 heteroatoms. The highest BCUT2D eigenvalue weighted by Gasteiger charge is 2.27. The van der Waals surface area contributed by atoms with E-state index >= 15 is 0 Å². The molecular weight excluding hydrogens is 250 g/mol. The maximum atomic E-state index is 11.0. The molecule has 0 aliphatic carbocycles. The predicted octanol–water partition coefficient (Wildman–Crippen LogP) is 3.65. The fourth-order valence-electron chi connectivity index (χ4n) is 2.67. The fourth-order valence-corrected chi connectivity index (χ4v) is 2.67. The molecule has 20 heavy (non-hydrogen) atoms. The Hall–Kier alpha value is -1.51. The molecule has 0 heterocycles. The van der Waals surface area contributed by atoms with E-state index < -0.39 is 12.0 Å². The number of carbonyl (C=O) groups is 1. The molecule has 0 aromatic heterocycles. The third kappa shape index (κ3) is 4.87. The van der Waals surface area contributed by atoms with Crippen LogP contribution in [-0.2, 0) is 10.2 Å². The lowest BCUT2D eigenvalue weighted by Gasteiger charge is -2.33. The van der Waals surface area contributed by atoms with Crippen LogP contribution in [0.2, 0.25) is 0 Å². The van der Waals surface area contributed by atoms with Crippen molar-refractivity contribution in [3.05, 3.63) is 29.8 Å². The lowest BCUT2D eigenvalue weighted by molar-refractivity contribution is -0.123. The van der Waals surface area contributed by atoms with Crippen molar-refractivity contribution in [2.24, 2.45) is 11.1 Å². The highest BCUT2D eigenvalue weighted by molar-refractivity contribution is 5.78. The lowest BCUT2D eigenvalue weighted by atomic mass is 9.72. The van der Waals surface area contributed by atoms with Crippen LogP contribution in [-0.4, -0.2) is 12.0 Å². The van der Waals surface area contributed by atoms with Gasteiger partial charge in [0.1, 0.15) is 5.75 Å². The van der Waals surface area contributed by atoms with Gasteiger partial charge in [-0.1, -0.05) is 46.8 Å². The molecule has 0 radical (unpaired) electrons. The van der Waals surface area contributed by atoms with Crippen molar-refractivity contribution in [3.8, 4) is 5.75 Å². The summed E-state index contributed by atoms with van der Waals surface area (Å²) in [5.74, 6) is 0.216. The zero-order chi connectivity index (χ0) is 15.6. The Morgan fingerprint density at radius 2 is 1.65 bits per heavy atom. The molecule has 1 unspecified atom stereocenters. The van der Waals surface area contributed by atoms with Gasteiger partial charge in [0.05, 0.1) is 0 Å². The number of carbonyl (C=O) groups excluding carboxylic acids is 1. The highest BCUT2D eigenvalue weighted by atomic mass is 16.5. The van der Waals surface area contributed by atoms with Crippen LogP contribution in [0.25, 0.3) is 0 Å². The minimum absolute atomic E-state index is 0.103. The van der Waals surface area contributed by atoms with Crippen LogP contribution < -0.4 is 10.5 Å². The van der Waals surface area contributed by atoms with Gasteiger partial charge in [0.15, 0.2) is 6.10 Å². The molecule has 1 rings (SSSR count). The number of primary amides is 1. The first kappa shape index (κ1) is 16.5. The maximum Gasteiger partial charge on any atom is 0.258 e. The summed E-state index contributed by atoms with van der Waals surface area (Å²) in [4.78, 5) is 11.0. The minimum atomic E-state index is -0.608.